The van der Waals surface area contributed by atoms with Crippen molar-refractivity contribution in [2.45, 2.75) is 6.92 Å². The Morgan fingerprint density at radius 1 is 1.29 bits per heavy atom. The van der Waals surface area contributed by atoms with Crippen LogP contribution in [0, 0.1) is 6.92 Å². The van der Waals surface area contributed by atoms with Crippen LogP contribution in [-0.4, -0.2) is 21.3 Å². The molecule has 0 fully saturated rings. The maximum atomic E-state index is 11.0. The molecule has 0 radical (unpaired) electrons. The molecule has 0 spiro atoms. The van der Waals surface area contributed by atoms with Crippen molar-refractivity contribution in [3.8, 4) is 0 Å². The van der Waals surface area contributed by atoms with Gasteiger partial charge in [-0.15, -0.1) is 0 Å². The number of hydrogen-bond donors (Lipinski definition) is 1. The molecule has 14 heavy (non-hydrogen) atoms. The fraction of sp³-hybridized carbons (Fsp3) is 0.100. The molecule has 0 amide bonds. The van der Waals surface area contributed by atoms with Gasteiger partial charge in [0.05, 0.1) is 16.8 Å². The Balaban J connectivity index is 2.90. The minimum absolute atomic E-state index is 0.232. The van der Waals surface area contributed by atoms with Crippen LogP contribution in [0.1, 0.15) is 16.1 Å². The van der Waals surface area contributed by atoms with Crippen LogP contribution in [-0.2, 0) is 0 Å². The van der Waals surface area contributed by atoms with E-state index in [9.17, 15) is 4.79 Å². The second-order valence-electron chi connectivity index (χ2n) is 2.98. The highest BCUT2D eigenvalue weighted by molar-refractivity contribution is 6.02. The van der Waals surface area contributed by atoms with Crippen molar-refractivity contribution in [2.24, 2.45) is 0 Å². The van der Waals surface area contributed by atoms with E-state index in [4.69, 9.17) is 5.11 Å². The van der Waals surface area contributed by atoms with E-state index >= 15 is 0 Å². The van der Waals surface area contributed by atoms with E-state index < -0.39 is 5.97 Å². The van der Waals surface area contributed by atoms with Gasteiger partial charge in [-0.25, -0.2) is 4.79 Å². The van der Waals surface area contributed by atoms with Crippen LogP contribution in [0.2, 0.25) is 0 Å². The molecular weight excluding hydrogens is 180 g/mol. The third-order valence-corrected chi connectivity index (χ3v) is 2.06. The van der Waals surface area contributed by atoms with E-state index in [1.165, 1.54) is 0 Å². The lowest BCUT2D eigenvalue weighted by atomic mass is 10.1. The summed E-state index contributed by atoms with van der Waals surface area (Å²) >= 11 is 0. The van der Waals surface area contributed by atoms with Gasteiger partial charge in [-0.1, -0.05) is 18.2 Å². The number of aromatic nitrogens is 2. The summed E-state index contributed by atoms with van der Waals surface area (Å²) in [7, 11) is 0. The molecular formula is C10H8N2O2. The lowest BCUT2D eigenvalue weighted by molar-refractivity contribution is 0.0697. The molecule has 0 aliphatic heterocycles. The second kappa shape index (κ2) is 3.06. The normalized spacial score (nSPS) is 10.4. The Morgan fingerprint density at radius 2 is 2.00 bits per heavy atom. The highest BCUT2D eigenvalue weighted by Crippen LogP contribution is 2.17. The molecule has 2 aromatic rings. The van der Waals surface area contributed by atoms with Crippen LogP contribution in [0.5, 0.6) is 0 Å². The van der Waals surface area contributed by atoms with Crippen LogP contribution >= 0.6 is 0 Å². The quantitative estimate of drug-likeness (QED) is 0.738. The highest BCUT2D eigenvalue weighted by atomic mass is 16.4. The largest absolute Gasteiger partial charge is 0.478 e. The molecule has 1 heterocycles. The summed E-state index contributed by atoms with van der Waals surface area (Å²) in [6.07, 6.45) is 0. The van der Waals surface area contributed by atoms with Crippen LogP contribution in [0.25, 0.3) is 10.9 Å². The molecule has 1 aromatic carbocycles. The number of aryl methyl sites for hydroxylation is 1. The van der Waals surface area contributed by atoms with Gasteiger partial charge in [0, 0.05) is 5.39 Å². The predicted octanol–water partition coefficient (Wildman–Crippen LogP) is 1.64. The summed E-state index contributed by atoms with van der Waals surface area (Å²) in [5.74, 6) is -0.964. The zero-order valence-corrected chi connectivity index (χ0v) is 7.56. The molecule has 0 unspecified atom stereocenters. The van der Waals surface area contributed by atoms with Crippen molar-refractivity contribution in [2.75, 3.05) is 0 Å². The lowest BCUT2D eigenvalue weighted by Gasteiger charge is -2.02. The predicted molar refractivity (Wildman–Crippen MR) is 51.2 cm³/mol. The Kier molecular flexibility index (Phi) is 1.89. The van der Waals surface area contributed by atoms with Crippen molar-refractivity contribution in [3.63, 3.8) is 0 Å². The monoisotopic (exact) mass is 188 g/mol. The van der Waals surface area contributed by atoms with Gasteiger partial charge < -0.3 is 5.11 Å². The molecule has 70 valence electrons. The maximum absolute atomic E-state index is 11.0. The Bertz CT molecular complexity index is 508. The zero-order chi connectivity index (χ0) is 10.1. The SMILES string of the molecule is Cc1nnc2ccccc2c1C(=O)O. The molecule has 0 bridgehead atoms. The summed E-state index contributed by atoms with van der Waals surface area (Å²) in [5, 5.41) is 17.3. The summed E-state index contributed by atoms with van der Waals surface area (Å²) in [6, 6.07) is 7.07. The van der Waals surface area contributed by atoms with Crippen molar-refractivity contribution >= 4 is 16.9 Å². The number of rotatable bonds is 1. The average molecular weight is 188 g/mol. The first-order chi connectivity index (χ1) is 6.70. The van der Waals surface area contributed by atoms with Gasteiger partial charge in [-0.05, 0) is 13.0 Å². The van der Waals surface area contributed by atoms with Gasteiger partial charge in [-0.3, -0.25) is 0 Å². The first-order valence-corrected chi connectivity index (χ1v) is 4.15. The number of fused-ring (bicyclic) bond motifs is 1. The molecule has 0 saturated heterocycles. The van der Waals surface area contributed by atoms with Crippen molar-refractivity contribution in [1.82, 2.24) is 10.2 Å². The number of carbonyl (C=O) groups is 1. The van der Waals surface area contributed by atoms with Crippen LogP contribution in [0.15, 0.2) is 24.3 Å². The summed E-state index contributed by atoms with van der Waals surface area (Å²) in [6.45, 7) is 1.64. The molecule has 0 aliphatic rings. The Labute approximate surface area is 80.2 Å². The van der Waals surface area contributed by atoms with Gasteiger partial charge in [0.15, 0.2) is 0 Å². The zero-order valence-electron chi connectivity index (χ0n) is 7.56. The Hall–Kier alpha value is -1.97. The van der Waals surface area contributed by atoms with Crippen LogP contribution < -0.4 is 0 Å². The molecule has 0 aliphatic carbocycles. The van der Waals surface area contributed by atoms with Gasteiger partial charge >= 0.3 is 5.97 Å². The topological polar surface area (TPSA) is 63.1 Å². The number of carboxylic acids is 1. The smallest absolute Gasteiger partial charge is 0.338 e. The van der Waals surface area contributed by atoms with E-state index in [0.29, 0.717) is 16.6 Å². The molecule has 2 rings (SSSR count). The summed E-state index contributed by atoms with van der Waals surface area (Å²) in [4.78, 5) is 11.0. The molecule has 4 heteroatoms. The minimum atomic E-state index is -0.964. The van der Waals surface area contributed by atoms with Crippen LogP contribution in [0.3, 0.4) is 0 Å². The first-order valence-electron chi connectivity index (χ1n) is 4.15. The molecule has 1 aromatic heterocycles. The molecule has 0 atom stereocenters. The average Bonchev–Trinajstić information content (AvgIpc) is 2.17. The maximum Gasteiger partial charge on any atom is 0.338 e. The van der Waals surface area contributed by atoms with Gasteiger partial charge in [0.2, 0.25) is 0 Å². The second-order valence-corrected chi connectivity index (χ2v) is 2.98. The van der Waals surface area contributed by atoms with Crippen LogP contribution in [0.4, 0.5) is 0 Å². The van der Waals surface area contributed by atoms with Gasteiger partial charge in [-0.2, -0.15) is 10.2 Å². The number of nitrogens with zero attached hydrogens (tertiary/aromatic N) is 2. The van der Waals surface area contributed by atoms with Crippen molar-refractivity contribution in [1.29, 1.82) is 0 Å². The lowest BCUT2D eigenvalue weighted by Crippen LogP contribution is -2.04. The highest BCUT2D eigenvalue weighted by Gasteiger charge is 2.13. The number of carboxylic acid groups (broad SMARTS) is 1. The van der Waals surface area contributed by atoms with Crippen molar-refractivity contribution in [3.05, 3.63) is 35.5 Å². The fourth-order valence-electron chi connectivity index (χ4n) is 1.42. The standard InChI is InChI=1S/C10H8N2O2/c1-6-9(10(13)14)7-4-2-3-5-8(7)12-11-6/h2-5H,1H3,(H,13,14). The molecule has 0 saturated carbocycles. The van der Waals surface area contributed by atoms with Gasteiger partial charge in [0.1, 0.15) is 0 Å². The van der Waals surface area contributed by atoms with E-state index in [0.717, 1.165) is 0 Å². The van der Waals surface area contributed by atoms with E-state index in [1.54, 1.807) is 31.2 Å². The third kappa shape index (κ3) is 1.21. The number of aromatic carboxylic acids is 1. The molecule has 4 nitrogen and oxygen atoms in total. The third-order valence-electron chi connectivity index (χ3n) is 2.06. The van der Waals surface area contributed by atoms with Crippen molar-refractivity contribution < 1.29 is 9.90 Å². The number of benzene rings is 1. The first kappa shape index (κ1) is 8.62. The summed E-state index contributed by atoms with van der Waals surface area (Å²) < 4.78 is 0. The van der Waals surface area contributed by atoms with E-state index in [-0.39, 0.29) is 5.56 Å². The number of hydrogen-bond acceptors (Lipinski definition) is 3. The van der Waals surface area contributed by atoms with E-state index in [1.807, 2.05) is 0 Å². The minimum Gasteiger partial charge on any atom is -0.478 e. The van der Waals surface area contributed by atoms with E-state index in [2.05, 4.69) is 10.2 Å². The fourth-order valence-corrected chi connectivity index (χ4v) is 1.42. The Morgan fingerprint density at radius 3 is 2.71 bits per heavy atom. The summed E-state index contributed by atoms with van der Waals surface area (Å²) in [5.41, 5.74) is 1.28. The molecule has 1 N–H and O–H groups in total. The van der Waals surface area contributed by atoms with Gasteiger partial charge in [0.25, 0.3) is 0 Å².